The Bertz CT molecular complexity index is 762. The number of hydrogen-bond donors (Lipinski definition) is 1. The third kappa shape index (κ3) is 3.44. The van der Waals surface area contributed by atoms with E-state index in [1.54, 1.807) is 16.6 Å². The molecule has 2 aromatic rings. The van der Waals surface area contributed by atoms with Crippen molar-refractivity contribution in [1.82, 2.24) is 9.29 Å². The molecule has 2 heterocycles. The zero-order chi connectivity index (χ0) is 16.3. The maximum Gasteiger partial charge on any atom is 0.244 e. The lowest BCUT2D eigenvalue weighted by molar-refractivity contribution is 0.315. The minimum Gasteiger partial charge on any atom is -0.326 e. The minimum atomic E-state index is -3.52. The van der Waals surface area contributed by atoms with E-state index < -0.39 is 10.0 Å². The van der Waals surface area contributed by atoms with Crippen molar-refractivity contribution in [2.75, 3.05) is 13.1 Å². The van der Waals surface area contributed by atoms with Crippen molar-refractivity contribution in [3.05, 3.63) is 59.9 Å². The number of nitrogens with two attached hydrogens (primary N) is 1. The zero-order valence-electron chi connectivity index (χ0n) is 12.9. The highest BCUT2D eigenvalue weighted by atomic mass is 32.2. The molecule has 1 saturated heterocycles. The van der Waals surface area contributed by atoms with Crippen molar-refractivity contribution >= 4 is 10.0 Å². The summed E-state index contributed by atoms with van der Waals surface area (Å²) in [5.41, 5.74) is 7.51. The van der Waals surface area contributed by atoms with Gasteiger partial charge in [-0.3, -0.25) is 4.98 Å². The molecule has 1 aromatic carbocycles. The van der Waals surface area contributed by atoms with Gasteiger partial charge in [0.25, 0.3) is 0 Å². The number of hydrogen-bond acceptors (Lipinski definition) is 4. The third-order valence-electron chi connectivity index (χ3n) is 4.30. The average Bonchev–Trinajstić information content (AvgIpc) is 2.62. The van der Waals surface area contributed by atoms with Gasteiger partial charge in [0.15, 0.2) is 0 Å². The van der Waals surface area contributed by atoms with E-state index in [1.165, 1.54) is 11.8 Å². The lowest BCUT2D eigenvalue weighted by Crippen LogP contribution is -2.39. The Morgan fingerprint density at radius 2 is 2.00 bits per heavy atom. The van der Waals surface area contributed by atoms with Gasteiger partial charge >= 0.3 is 0 Å². The second-order valence-corrected chi connectivity index (χ2v) is 7.78. The zero-order valence-corrected chi connectivity index (χ0v) is 13.7. The predicted molar refractivity (Wildman–Crippen MR) is 89.3 cm³/mol. The molecule has 1 aliphatic heterocycles. The first kappa shape index (κ1) is 16.1. The highest BCUT2D eigenvalue weighted by molar-refractivity contribution is 7.89. The fourth-order valence-electron chi connectivity index (χ4n) is 3.02. The van der Waals surface area contributed by atoms with Crippen molar-refractivity contribution in [2.24, 2.45) is 5.73 Å². The predicted octanol–water partition coefficient (Wildman–Crippen LogP) is 2.11. The van der Waals surface area contributed by atoms with Crippen molar-refractivity contribution < 1.29 is 8.42 Å². The summed E-state index contributed by atoms with van der Waals surface area (Å²) >= 11 is 0. The van der Waals surface area contributed by atoms with Gasteiger partial charge in [0.05, 0.1) is 0 Å². The molecule has 3 rings (SSSR count). The molecule has 5 nitrogen and oxygen atoms in total. The smallest absolute Gasteiger partial charge is 0.244 e. The van der Waals surface area contributed by atoms with E-state index in [9.17, 15) is 8.42 Å². The molecule has 0 radical (unpaired) electrons. The van der Waals surface area contributed by atoms with Crippen LogP contribution >= 0.6 is 0 Å². The Morgan fingerprint density at radius 3 is 2.74 bits per heavy atom. The van der Waals surface area contributed by atoms with Gasteiger partial charge in [-0.05, 0) is 36.0 Å². The lowest BCUT2D eigenvalue weighted by atomic mass is 9.92. The van der Waals surface area contributed by atoms with E-state index in [4.69, 9.17) is 5.73 Å². The quantitative estimate of drug-likeness (QED) is 0.931. The summed E-state index contributed by atoms with van der Waals surface area (Å²) in [6, 6.07) is 11.7. The number of pyridine rings is 1. The second-order valence-electron chi connectivity index (χ2n) is 5.85. The number of nitrogens with zero attached hydrogens (tertiary/aromatic N) is 2. The summed E-state index contributed by atoms with van der Waals surface area (Å²) in [7, 11) is -3.52. The highest BCUT2D eigenvalue weighted by Gasteiger charge is 2.31. The summed E-state index contributed by atoms with van der Waals surface area (Å²) in [6.07, 6.45) is 4.88. The molecule has 0 spiro atoms. The monoisotopic (exact) mass is 331 g/mol. The van der Waals surface area contributed by atoms with Gasteiger partial charge < -0.3 is 5.73 Å². The third-order valence-corrected chi connectivity index (χ3v) is 6.13. The van der Waals surface area contributed by atoms with Crippen LogP contribution in [0.25, 0.3) is 0 Å². The topological polar surface area (TPSA) is 76.3 Å². The van der Waals surface area contributed by atoms with Crippen molar-refractivity contribution in [3.63, 3.8) is 0 Å². The Morgan fingerprint density at radius 1 is 1.22 bits per heavy atom. The molecule has 1 fully saturated rings. The summed E-state index contributed by atoms with van der Waals surface area (Å²) in [6.45, 7) is 1.35. The van der Waals surface area contributed by atoms with Crippen LogP contribution in [0.3, 0.4) is 0 Å². The largest absolute Gasteiger partial charge is 0.326 e. The van der Waals surface area contributed by atoms with Crippen molar-refractivity contribution in [2.45, 2.75) is 30.2 Å². The molecule has 0 saturated carbocycles. The molecule has 2 N–H and O–H groups in total. The number of rotatable bonds is 4. The van der Waals surface area contributed by atoms with Crippen LogP contribution in [0.5, 0.6) is 0 Å². The molecule has 0 aliphatic carbocycles. The van der Waals surface area contributed by atoms with E-state index in [-0.39, 0.29) is 17.4 Å². The normalized spacial score (nSPS) is 19.6. The van der Waals surface area contributed by atoms with Crippen LogP contribution in [-0.4, -0.2) is 30.8 Å². The maximum atomic E-state index is 12.9. The fraction of sp³-hybridized carbons (Fsp3) is 0.353. The molecule has 1 atom stereocenters. The fourth-order valence-corrected chi connectivity index (χ4v) is 4.56. The molecule has 0 bridgehead atoms. The van der Waals surface area contributed by atoms with Gasteiger partial charge in [0, 0.05) is 32.0 Å². The van der Waals surface area contributed by atoms with Gasteiger partial charge in [-0.2, -0.15) is 4.31 Å². The molecule has 23 heavy (non-hydrogen) atoms. The lowest BCUT2D eigenvalue weighted by Gasteiger charge is -2.32. The van der Waals surface area contributed by atoms with E-state index in [1.807, 2.05) is 18.2 Å². The first-order valence-corrected chi connectivity index (χ1v) is 9.24. The first-order valence-electron chi connectivity index (χ1n) is 7.80. The van der Waals surface area contributed by atoms with Crippen LogP contribution in [0.15, 0.2) is 53.7 Å². The van der Waals surface area contributed by atoms with Crippen molar-refractivity contribution in [3.8, 4) is 0 Å². The molecular formula is C17H21N3O2S. The number of sulfonamides is 1. The summed E-state index contributed by atoms with van der Waals surface area (Å²) in [5, 5.41) is 0. The molecule has 1 aliphatic rings. The van der Waals surface area contributed by atoms with Crippen LogP contribution in [0.1, 0.15) is 29.9 Å². The van der Waals surface area contributed by atoms with Gasteiger partial charge in [0.1, 0.15) is 4.90 Å². The summed E-state index contributed by atoms with van der Waals surface area (Å²) in [4.78, 5) is 4.24. The van der Waals surface area contributed by atoms with E-state index in [0.717, 1.165) is 18.4 Å². The van der Waals surface area contributed by atoms with Crippen LogP contribution in [0.2, 0.25) is 0 Å². The molecule has 6 heteroatoms. The van der Waals surface area contributed by atoms with E-state index in [2.05, 4.69) is 17.1 Å². The standard InChI is InChI=1S/C17H21N3O2S/c18-10-14-9-17(12-19-11-14)23(21,22)20-8-4-7-16(13-20)15-5-2-1-3-6-15/h1-3,5-6,9,11-12,16H,4,7-8,10,13,18H2. The maximum absolute atomic E-state index is 12.9. The van der Waals surface area contributed by atoms with Gasteiger partial charge in [0.2, 0.25) is 10.0 Å². The number of piperidine rings is 1. The second kappa shape index (κ2) is 6.78. The molecule has 122 valence electrons. The average molecular weight is 331 g/mol. The van der Waals surface area contributed by atoms with Gasteiger partial charge in [-0.1, -0.05) is 30.3 Å². The van der Waals surface area contributed by atoms with Crippen LogP contribution in [-0.2, 0) is 16.6 Å². The van der Waals surface area contributed by atoms with Gasteiger partial charge in [-0.15, -0.1) is 0 Å². The van der Waals surface area contributed by atoms with E-state index >= 15 is 0 Å². The van der Waals surface area contributed by atoms with E-state index in [0.29, 0.717) is 13.1 Å². The highest BCUT2D eigenvalue weighted by Crippen LogP contribution is 2.30. The summed E-state index contributed by atoms with van der Waals surface area (Å²) < 4.78 is 27.3. The Labute approximate surface area is 137 Å². The number of aromatic nitrogens is 1. The molecule has 1 unspecified atom stereocenters. The van der Waals surface area contributed by atoms with Crippen LogP contribution in [0, 0.1) is 0 Å². The number of benzene rings is 1. The van der Waals surface area contributed by atoms with Crippen molar-refractivity contribution in [1.29, 1.82) is 0 Å². The Balaban J connectivity index is 1.85. The summed E-state index contributed by atoms with van der Waals surface area (Å²) in [5.74, 6) is 0.241. The van der Waals surface area contributed by atoms with Crippen LogP contribution < -0.4 is 5.73 Å². The van der Waals surface area contributed by atoms with Gasteiger partial charge in [-0.25, -0.2) is 8.42 Å². The molecular weight excluding hydrogens is 310 g/mol. The molecule has 1 aromatic heterocycles. The molecule has 0 amide bonds. The first-order chi connectivity index (χ1) is 11.1. The van der Waals surface area contributed by atoms with Crippen LogP contribution in [0.4, 0.5) is 0 Å². The minimum absolute atomic E-state index is 0.231. The Hall–Kier alpha value is -1.76. The SMILES string of the molecule is NCc1cncc(S(=O)(=O)N2CCCC(c3ccccc3)C2)c1. The Kier molecular flexibility index (Phi) is 4.75.